The predicted molar refractivity (Wildman–Crippen MR) is 133 cm³/mol. The number of hydrogen-bond donors (Lipinski definition) is 1. The van der Waals surface area contributed by atoms with E-state index in [0.717, 1.165) is 38.5 Å². The van der Waals surface area contributed by atoms with Gasteiger partial charge in [0, 0.05) is 28.6 Å². The molecule has 4 nitrogen and oxygen atoms in total. The van der Waals surface area contributed by atoms with Gasteiger partial charge in [-0.2, -0.15) is 0 Å². The molecule has 0 spiro atoms. The van der Waals surface area contributed by atoms with Gasteiger partial charge in [-0.15, -0.1) is 0 Å². The van der Waals surface area contributed by atoms with Crippen LogP contribution in [-0.2, 0) is 14.3 Å². The summed E-state index contributed by atoms with van der Waals surface area (Å²) >= 11 is 0. The zero-order valence-corrected chi connectivity index (χ0v) is 22.2. The summed E-state index contributed by atoms with van der Waals surface area (Å²) in [6.45, 7) is 15.4. The Morgan fingerprint density at radius 3 is 2.56 bits per heavy atom. The lowest BCUT2D eigenvalue weighted by atomic mass is 9.40. The third kappa shape index (κ3) is 2.93. The number of carbonyl (C=O) groups excluding carboxylic acids is 2. The van der Waals surface area contributed by atoms with Crippen LogP contribution < -0.4 is 0 Å². The van der Waals surface area contributed by atoms with Crippen LogP contribution in [-0.4, -0.2) is 29.1 Å². The first kappa shape index (κ1) is 24.3. The van der Waals surface area contributed by atoms with Crippen LogP contribution in [0.2, 0.25) is 0 Å². The first-order valence-corrected chi connectivity index (χ1v) is 13.5. The van der Waals surface area contributed by atoms with Crippen molar-refractivity contribution >= 4 is 11.8 Å². The summed E-state index contributed by atoms with van der Waals surface area (Å²) in [6.07, 6.45) is 9.76. The number of fused-ring (bicyclic) bond motifs is 7. The maximum Gasteiger partial charge on any atom is 0.309 e. The van der Waals surface area contributed by atoms with Crippen LogP contribution in [0, 0.1) is 45.3 Å². The topological polar surface area (TPSA) is 63.6 Å². The largest absolute Gasteiger partial charge is 0.462 e. The van der Waals surface area contributed by atoms with Crippen LogP contribution >= 0.6 is 0 Å². The van der Waals surface area contributed by atoms with Crippen molar-refractivity contribution in [3.8, 4) is 0 Å². The van der Waals surface area contributed by atoms with Crippen molar-refractivity contribution in [3.05, 3.63) is 23.3 Å². The molecule has 1 heterocycles. The summed E-state index contributed by atoms with van der Waals surface area (Å²) in [5.41, 5.74) is 1.88. The molecule has 9 atom stereocenters. The first-order chi connectivity index (χ1) is 15.8. The highest BCUT2D eigenvalue weighted by atomic mass is 16.6. The molecular weight excluding hydrogens is 424 g/mol. The number of aliphatic hydroxyl groups is 1. The molecule has 1 N–H and O–H groups in total. The molecule has 0 aromatic rings. The monoisotopic (exact) mass is 468 g/mol. The molecule has 5 rings (SSSR count). The third-order valence-corrected chi connectivity index (χ3v) is 11.7. The van der Waals surface area contributed by atoms with Gasteiger partial charge in [0.05, 0.1) is 12.0 Å². The number of allylic oxidation sites excluding steroid dienone is 4. The van der Waals surface area contributed by atoms with Crippen molar-refractivity contribution in [3.63, 3.8) is 0 Å². The lowest BCUT2D eigenvalue weighted by Gasteiger charge is -2.64. The Hall–Kier alpha value is -1.42. The van der Waals surface area contributed by atoms with Crippen molar-refractivity contribution in [2.45, 2.75) is 106 Å². The number of esters is 1. The minimum absolute atomic E-state index is 0.0179. The molecule has 5 aliphatic rings. The molecule has 0 aromatic carbocycles. The fraction of sp³-hybridized carbons (Fsp3) is 0.800. The SMILES string of the molecule is CC(C)=CCC[C@H]1C(=O)O[C@H]2C[C@]3(C)C4=CC[C@@H]5C(C)(C)C(=O)CC[C@]5(C)[C@H]4C[C@@H](O)[C@@]3(C)[C@@H]21. The molecule has 34 heavy (non-hydrogen) atoms. The molecule has 1 aliphatic heterocycles. The molecule has 4 heteroatoms. The van der Waals surface area contributed by atoms with E-state index in [-0.39, 0.29) is 51.5 Å². The van der Waals surface area contributed by atoms with Crippen molar-refractivity contribution in [1.82, 2.24) is 0 Å². The lowest BCUT2D eigenvalue weighted by molar-refractivity contribution is -0.156. The smallest absolute Gasteiger partial charge is 0.309 e. The van der Waals surface area contributed by atoms with E-state index in [4.69, 9.17) is 4.74 Å². The van der Waals surface area contributed by atoms with Crippen LogP contribution in [0.1, 0.15) is 93.4 Å². The predicted octanol–water partition coefficient (Wildman–Crippen LogP) is 6.03. The summed E-state index contributed by atoms with van der Waals surface area (Å²) < 4.78 is 6.04. The molecule has 4 fully saturated rings. The van der Waals surface area contributed by atoms with Gasteiger partial charge < -0.3 is 9.84 Å². The normalized spacial score (nSPS) is 48.8. The second-order valence-electron chi connectivity index (χ2n) is 13.7. The molecule has 1 saturated heterocycles. The highest BCUT2D eigenvalue weighted by molar-refractivity contribution is 5.85. The van der Waals surface area contributed by atoms with Gasteiger partial charge in [-0.3, -0.25) is 9.59 Å². The zero-order chi connectivity index (χ0) is 24.8. The van der Waals surface area contributed by atoms with E-state index in [2.05, 4.69) is 60.6 Å². The molecule has 3 saturated carbocycles. The average Bonchev–Trinajstić information content (AvgIpc) is 3.17. The van der Waals surface area contributed by atoms with Gasteiger partial charge in [-0.25, -0.2) is 0 Å². The van der Waals surface area contributed by atoms with Crippen molar-refractivity contribution in [1.29, 1.82) is 0 Å². The van der Waals surface area contributed by atoms with Gasteiger partial charge in [-0.1, -0.05) is 57.9 Å². The fourth-order valence-electron chi connectivity index (χ4n) is 9.64. The number of aliphatic hydroxyl groups excluding tert-OH is 1. The van der Waals surface area contributed by atoms with Crippen LogP contribution in [0.5, 0.6) is 0 Å². The van der Waals surface area contributed by atoms with E-state index in [1.54, 1.807) is 0 Å². The maximum absolute atomic E-state index is 12.9. The maximum atomic E-state index is 12.9. The Labute approximate surface area is 205 Å². The Balaban J connectivity index is 1.54. The highest BCUT2D eigenvalue weighted by Crippen LogP contribution is 2.74. The molecule has 188 valence electrons. The van der Waals surface area contributed by atoms with Gasteiger partial charge >= 0.3 is 5.97 Å². The highest BCUT2D eigenvalue weighted by Gasteiger charge is 2.73. The van der Waals surface area contributed by atoms with E-state index in [1.165, 1.54) is 11.1 Å². The van der Waals surface area contributed by atoms with Gasteiger partial charge in [0.15, 0.2) is 0 Å². The van der Waals surface area contributed by atoms with E-state index in [1.807, 2.05) is 0 Å². The van der Waals surface area contributed by atoms with Crippen LogP contribution in [0.4, 0.5) is 0 Å². The second kappa shape index (κ2) is 7.54. The quantitative estimate of drug-likeness (QED) is 0.406. The number of carbonyl (C=O) groups is 2. The Morgan fingerprint density at radius 1 is 1.18 bits per heavy atom. The van der Waals surface area contributed by atoms with Crippen molar-refractivity contribution < 1.29 is 19.4 Å². The standard InChI is InChI=1S/C30H44O4/c1-17(2)9-8-10-18-25-21(34-26(18)33)16-29(6)19-11-12-22-27(3,4)23(31)13-14-28(22,5)20(19)15-24(32)30(25,29)7/h9,11,18,20-22,24-25,32H,8,10,12-16H2,1-7H3/t18-,20+,21+,22-,24-,25-,28-,29-,30+/m1/s1. The molecule has 0 unspecified atom stereocenters. The van der Waals surface area contributed by atoms with Crippen molar-refractivity contribution in [2.75, 3.05) is 0 Å². The number of Topliss-reactive ketones (excluding diaryl/α,β-unsaturated/α-hetero) is 1. The van der Waals surface area contributed by atoms with E-state index < -0.39 is 6.10 Å². The molecule has 4 aliphatic carbocycles. The number of hydrogen-bond acceptors (Lipinski definition) is 4. The van der Waals surface area contributed by atoms with E-state index >= 15 is 0 Å². The van der Waals surface area contributed by atoms with E-state index in [0.29, 0.717) is 18.1 Å². The van der Waals surface area contributed by atoms with Crippen molar-refractivity contribution in [2.24, 2.45) is 45.3 Å². The number of ketones is 1. The fourth-order valence-corrected chi connectivity index (χ4v) is 9.64. The van der Waals surface area contributed by atoms with Crippen LogP contribution in [0.25, 0.3) is 0 Å². The summed E-state index contributed by atoms with van der Waals surface area (Å²) in [6, 6.07) is 0. The molecule has 0 radical (unpaired) electrons. The average molecular weight is 469 g/mol. The zero-order valence-electron chi connectivity index (χ0n) is 22.2. The minimum Gasteiger partial charge on any atom is -0.462 e. The first-order valence-electron chi connectivity index (χ1n) is 13.5. The summed E-state index contributed by atoms with van der Waals surface area (Å²) in [4.78, 5) is 25.8. The third-order valence-electron chi connectivity index (χ3n) is 11.7. The molecular formula is C30H44O4. The van der Waals surface area contributed by atoms with Gasteiger partial charge in [0.25, 0.3) is 0 Å². The Kier molecular flexibility index (Phi) is 5.39. The Morgan fingerprint density at radius 2 is 1.88 bits per heavy atom. The second-order valence-corrected chi connectivity index (χ2v) is 13.7. The molecule has 0 bridgehead atoms. The minimum atomic E-state index is -0.480. The summed E-state index contributed by atoms with van der Waals surface area (Å²) in [5, 5.41) is 11.9. The molecule has 0 amide bonds. The number of rotatable bonds is 3. The lowest BCUT2D eigenvalue weighted by Crippen LogP contribution is -2.61. The summed E-state index contributed by atoms with van der Waals surface area (Å²) in [7, 11) is 0. The van der Waals surface area contributed by atoms with Crippen LogP contribution in [0.15, 0.2) is 23.3 Å². The molecule has 0 aromatic heterocycles. The van der Waals surface area contributed by atoms with Gasteiger partial charge in [-0.05, 0) is 69.6 Å². The van der Waals surface area contributed by atoms with E-state index in [9.17, 15) is 14.7 Å². The van der Waals surface area contributed by atoms with Gasteiger partial charge in [0.1, 0.15) is 11.9 Å². The Bertz CT molecular complexity index is 970. The number of ether oxygens (including phenoxy) is 1. The summed E-state index contributed by atoms with van der Waals surface area (Å²) in [5.74, 6) is 0.837. The van der Waals surface area contributed by atoms with Gasteiger partial charge in [0.2, 0.25) is 0 Å². The van der Waals surface area contributed by atoms with Crippen LogP contribution in [0.3, 0.4) is 0 Å².